The van der Waals surface area contributed by atoms with E-state index in [1.807, 2.05) is 0 Å². The fraction of sp³-hybridized carbons (Fsp3) is 0.692. The van der Waals surface area contributed by atoms with Crippen molar-refractivity contribution < 1.29 is 9.47 Å². The topological polar surface area (TPSA) is 64.2 Å². The summed E-state index contributed by atoms with van der Waals surface area (Å²) in [5.74, 6) is 0.625. The Morgan fingerprint density at radius 1 is 1.17 bits per heavy atom. The van der Waals surface area contributed by atoms with E-state index in [4.69, 9.17) is 9.47 Å². The number of aromatic amines is 1. The molecule has 1 aromatic heterocycles. The van der Waals surface area contributed by atoms with Gasteiger partial charge in [0.05, 0.1) is 25.5 Å². The molecule has 1 saturated heterocycles. The Kier molecular flexibility index (Phi) is 3.43. The van der Waals surface area contributed by atoms with Crippen LogP contribution in [0.3, 0.4) is 0 Å². The number of nitrogens with one attached hydrogen (secondary N) is 1. The van der Waals surface area contributed by atoms with E-state index in [0.717, 1.165) is 36.9 Å². The normalized spacial score (nSPS) is 24.3. The SMILES string of the molecule is O=c1[nH]c(C2COCCO2)nc2c1CCCCC2. The summed E-state index contributed by atoms with van der Waals surface area (Å²) in [6, 6.07) is 0. The quantitative estimate of drug-likeness (QED) is 0.759. The van der Waals surface area contributed by atoms with Crippen molar-refractivity contribution in [2.45, 2.75) is 38.2 Å². The summed E-state index contributed by atoms with van der Waals surface area (Å²) in [6.07, 6.45) is 4.90. The van der Waals surface area contributed by atoms with E-state index >= 15 is 0 Å². The maximum absolute atomic E-state index is 12.1. The zero-order valence-electron chi connectivity index (χ0n) is 10.4. The van der Waals surface area contributed by atoms with Crippen molar-refractivity contribution in [1.82, 2.24) is 9.97 Å². The molecule has 5 heteroatoms. The number of ether oxygens (including phenoxy) is 2. The molecule has 0 radical (unpaired) electrons. The molecule has 0 bridgehead atoms. The van der Waals surface area contributed by atoms with Crippen molar-refractivity contribution in [2.75, 3.05) is 19.8 Å². The van der Waals surface area contributed by atoms with Crippen molar-refractivity contribution in [2.24, 2.45) is 0 Å². The van der Waals surface area contributed by atoms with E-state index in [1.165, 1.54) is 6.42 Å². The lowest BCUT2D eigenvalue weighted by Gasteiger charge is -2.22. The number of aromatic nitrogens is 2. The van der Waals surface area contributed by atoms with Crippen LogP contribution in [-0.4, -0.2) is 29.8 Å². The summed E-state index contributed by atoms with van der Waals surface area (Å²) in [6.45, 7) is 1.65. The largest absolute Gasteiger partial charge is 0.376 e. The van der Waals surface area contributed by atoms with Gasteiger partial charge in [-0.15, -0.1) is 0 Å². The number of hydrogen-bond acceptors (Lipinski definition) is 4. The molecule has 1 aliphatic heterocycles. The molecule has 0 aromatic carbocycles. The highest BCUT2D eigenvalue weighted by Crippen LogP contribution is 2.20. The van der Waals surface area contributed by atoms with Gasteiger partial charge in [-0.2, -0.15) is 0 Å². The number of aryl methyl sites for hydroxylation is 1. The minimum atomic E-state index is -0.222. The van der Waals surface area contributed by atoms with Crippen LogP contribution in [0.15, 0.2) is 4.79 Å². The van der Waals surface area contributed by atoms with Crippen LogP contribution in [0.5, 0.6) is 0 Å². The fourth-order valence-corrected chi connectivity index (χ4v) is 2.60. The summed E-state index contributed by atoms with van der Waals surface area (Å²) in [4.78, 5) is 19.5. The van der Waals surface area contributed by atoms with E-state index in [0.29, 0.717) is 25.6 Å². The minimum absolute atomic E-state index is 0.00562. The summed E-state index contributed by atoms with van der Waals surface area (Å²) >= 11 is 0. The number of H-pyrrole nitrogens is 1. The molecule has 18 heavy (non-hydrogen) atoms. The highest BCUT2D eigenvalue weighted by Gasteiger charge is 2.22. The van der Waals surface area contributed by atoms with Gasteiger partial charge in [-0.3, -0.25) is 4.79 Å². The Labute approximate surface area is 106 Å². The van der Waals surface area contributed by atoms with Crippen LogP contribution in [0.2, 0.25) is 0 Å². The van der Waals surface area contributed by atoms with Gasteiger partial charge in [-0.05, 0) is 25.7 Å². The van der Waals surface area contributed by atoms with Gasteiger partial charge in [-0.25, -0.2) is 4.98 Å². The van der Waals surface area contributed by atoms with E-state index in [1.54, 1.807) is 0 Å². The highest BCUT2D eigenvalue weighted by molar-refractivity contribution is 5.20. The third-order valence-corrected chi connectivity index (χ3v) is 3.58. The van der Waals surface area contributed by atoms with Crippen LogP contribution in [0.25, 0.3) is 0 Å². The third kappa shape index (κ3) is 2.33. The number of fused-ring (bicyclic) bond motifs is 1. The molecular weight excluding hydrogens is 232 g/mol. The van der Waals surface area contributed by atoms with Gasteiger partial charge >= 0.3 is 0 Å². The Morgan fingerprint density at radius 3 is 2.89 bits per heavy atom. The summed E-state index contributed by atoms with van der Waals surface area (Å²) in [5, 5.41) is 0. The number of nitrogens with zero attached hydrogens (tertiary/aromatic N) is 1. The number of rotatable bonds is 1. The molecule has 1 unspecified atom stereocenters. The van der Waals surface area contributed by atoms with Crippen LogP contribution in [-0.2, 0) is 22.3 Å². The molecule has 5 nitrogen and oxygen atoms in total. The van der Waals surface area contributed by atoms with Gasteiger partial charge in [0.1, 0.15) is 11.9 Å². The molecule has 3 rings (SSSR count). The van der Waals surface area contributed by atoms with Crippen molar-refractivity contribution in [3.8, 4) is 0 Å². The lowest BCUT2D eigenvalue weighted by Crippen LogP contribution is -2.28. The molecule has 1 atom stereocenters. The van der Waals surface area contributed by atoms with Gasteiger partial charge in [0, 0.05) is 5.56 Å². The molecule has 0 amide bonds. The zero-order valence-corrected chi connectivity index (χ0v) is 10.4. The molecule has 1 fully saturated rings. The van der Waals surface area contributed by atoms with Gasteiger partial charge in [0.15, 0.2) is 0 Å². The summed E-state index contributed by atoms with van der Waals surface area (Å²) < 4.78 is 10.9. The van der Waals surface area contributed by atoms with Crippen LogP contribution in [0.4, 0.5) is 0 Å². The maximum Gasteiger partial charge on any atom is 0.254 e. The van der Waals surface area contributed by atoms with Crippen molar-refractivity contribution in [3.63, 3.8) is 0 Å². The second-order valence-electron chi connectivity index (χ2n) is 4.87. The van der Waals surface area contributed by atoms with Crippen LogP contribution < -0.4 is 5.56 Å². The standard InChI is InChI=1S/C13H18N2O3/c16-13-9-4-2-1-3-5-10(9)14-12(15-13)11-8-17-6-7-18-11/h11H,1-8H2,(H,14,15,16). The third-order valence-electron chi connectivity index (χ3n) is 3.58. The van der Waals surface area contributed by atoms with Crippen LogP contribution >= 0.6 is 0 Å². The summed E-state index contributed by atoms with van der Waals surface area (Å²) in [5.41, 5.74) is 1.83. The van der Waals surface area contributed by atoms with Crippen molar-refractivity contribution in [1.29, 1.82) is 0 Å². The monoisotopic (exact) mass is 250 g/mol. The Morgan fingerprint density at radius 2 is 2.06 bits per heavy atom. The first-order valence-corrected chi connectivity index (χ1v) is 6.66. The molecule has 2 heterocycles. The number of hydrogen-bond donors (Lipinski definition) is 1. The van der Waals surface area contributed by atoms with Crippen LogP contribution in [0.1, 0.15) is 42.4 Å². The average Bonchev–Trinajstić information content (AvgIpc) is 2.65. The van der Waals surface area contributed by atoms with Crippen molar-refractivity contribution in [3.05, 3.63) is 27.4 Å². The second-order valence-corrected chi connectivity index (χ2v) is 4.87. The van der Waals surface area contributed by atoms with Gasteiger partial charge in [0.2, 0.25) is 0 Å². The molecule has 1 N–H and O–H groups in total. The zero-order chi connectivity index (χ0) is 12.4. The molecule has 1 aliphatic carbocycles. The molecule has 0 spiro atoms. The first kappa shape index (κ1) is 11.9. The van der Waals surface area contributed by atoms with Gasteiger partial charge < -0.3 is 14.5 Å². The van der Waals surface area contributed by atoms with Crippen LogP contribution in [0, 0.1) is 0 Å². The predicted molar refractivity (Wildman–Crippen MR) is 65.6 cm³/mol. The molecule has 98 valence electrons. The fourth-order valence-electron chi connectivity index (χ4n) is 2.60. The summed E-state index contributed by atoms with van der Waals surface area (Å²) in [7, 11) is 0. The Balaban J connectivity index is 1.94. The van der Waals surface area contributed by atoms with Gasteiger partial charge in [0.25, 0.3) is 5.56 Å². The maximum atomic E-state index is 12.1. The van der Waals surface area contributed by atoms with E-state index < -0.39 is 0 Å². The smallest absolute Gasteiger partial charge is 0.254 e. The molecule has 2 aliphatic rings. The Bertz CT molecular complexity index is 478. The second kappa shape index (κ2) is 5.20. The lowest BCUT2D eigenvalue weighted by molar-refractivity contribution is -0.0936. The van der Waals surface area contributed by atoms with Gasteiger partial charge in [-0.1, -0.05) is 6.42 Å². The minimum Gasteiger partial charge on any atom is -0.376 e. The predicted octanol–water partition coefficient (Wildman–Crippen LogP) is 1.13. The van der Waals surface area contributed by atoms with E-state index in [-0.39, 0.29) is 11.7 Å². The molecule has 0 saturated carbocycles. The first-order chi connectivity index (χ1) is 8.84. The molecular formula is C13H18N2O3. The van der Waals surface area contributed by atoms with Crippen molar-refractivity contribution >= 4 is 0 Å². The average molecular weight is 250 g/mol. The Hall–Kier alpha value is -1.20. The van der Waals surface area contributed by atoms with E-state index in [2.05, 4.69) is 9.97 Å². The first-order valence-electron chi connectivity index (χ1n) is 6.66. The van der Waals surface area contributed by atoms with E-state index in [9.17, 15) is 4.79 Å². The molecule has 1 aromatic rings. The lowest BCUT2D eigenvalue weighted by atomic mass is 10.1. The highest BCUT2D eigenvalue weighted by atomic mass is 16.6.